The first-order chi connectivity index (χ1) is 20.0. The summed E-state index contributed by atoms with van der Waals surface area (Å²) in [7, 11) is 0. The van der Waals surface area contributed by atoms with Crippen LogP contribution in [0.1, 0.15) is 67.8 Å². The summed E-state index contributed by atoms with van der Waals surface area (Å²) < 4.78 is 13.4. The Balaban J connectivity index is 1.38. The number of ether oxygens (including phenoxy) is 2. The van der Waals surface area contributed by atoms with Gasteiger partial charge in [0.2, 0.25) is 0 Å². The lowest BCUT2D eigenvalue weighted by molar-refractivity contribution is -0.276. The summed E-state index contributed by atoms with van der Waals surface area (Å²) in [6.07, 6.45) is 3.20. The van der Waals surface area contributed by atoms with E-state index in [9.17, 15) is 9.90 Å². The van der Waals surface area contributed by atoms with Crippen molar-refractivity contribution < 1.29 is 19.4 Å². The van der Waals surface area contributed by atoms with E-state index in [0.717, 1.165) is 53.0 Å². The third-order valence-corrected chi connectivity index (χ3v) is 8.22. The molecule has 0 bridgehead atoms. The van der Waals surface area contributed by atoms with E-state index in [1.807, 2.05) is 31.2 Å². The molecule has 0 saturated carbocycles. The van der Waals surface area contributed by atoms with Crippen molar-refractivity contribution in [3.8, 4) is 11.1 Å². The molecule has 2 saturated heterocycles. The van der Waals surface area contributed by atoms with E-state index >= 15 is 0 Å². The van der Waals surface area contributed by atoms with Gasteiger partial charge in [-0.1, -0.05) is 74.0 Å². The third-order valence-electron chi connectivity index (χ3n) is 8.22. The summed E-state index contributed by atoms with van der Waals surface area (Å²) in [5, 5.41) is 15.2. The van der Waals surface area contributed by atoms with Crippen LogP contribution < -0.4 is 10.6 Å². The SMILES string of the molecule is CCNC(=O)NCc1cccc(-c2cccc([C@@H]3O[C@H](CN4CCCCC4)[C@H](C)[C@H](c4ccc(CO)cc4)O3)c2)c1. The number of aliphatic hydroxyl groups is 1. The molecule has 2 fully saturated rings. The zero-order valence-electron chi connectivity index (χ0n) is 24.2. The maximum atomic E-state index is 11.9. The van der Waals surface area contributed by atoms with E-state index < -0.39 is 6.29 Å². The Bertz CT molecular complexity index is 1270. The molecular formula is C34H43N3O4. The summed E-state index contributed by atoms with van der Waals surface area (Å²) in [6.45, 7) is 8.35. The summed E-state index contributed by atoms with van der Waals surface area (Å²) >= 11 is 0. The predicted octanol–water partition coefficient (Wildman–Crippen LogP) is 5.94. The number of carbonyl (C=O) groups is 1. The van der Waals surface area contributed by atoms with Crippen LogP contribution in [-0.2, 0) is 22.6 Å². The van der Waals surface area contributed by atoms with Gasteiger partial charge in [-0.05, 0) is 72.8 Å². The standard InChI is InChI=1S/C34H43N3O4/c1-3-35-34(39)36-21-26-9-7-10-28(19-26)29-11-8-12-30(20-29)33-40-31(22-37-17-5-4-6-18-37)24(2)32(41-33)27-15-13-25(23-38)14-16-27/h7-16,19-20,24,31-33,38H,3-6,17-18,21-23H2,1-2H3,(H2,35,36,39)/t24-,31+,32+,33+/m0/s1. The van der Waals surface area contributed by atoms with Gasteiger partial charge in [0.05, 0.1) is 18.8 Å². The average molecular weight is 558 g/mol. The predicted molar refractivity (Wildman–Crippen MR) is 161 cm³/mol. The van der Waals surface area contributed by atoms with Gasteiger partial charge in [-0.15, -0.1) is 0 Å². The highest BCUT2D eigenvalue weighted by atomic mass is 16.7. The van der Waals surface area contributed by atoms with E-state index in [0.29, 0.717) is 13.1 Å². The number of hydrogen-bond donors (Lipinski definition) is 3. The van der Waals surface area contributed by atoms with Crippen molar-refractivity contribution in [3.63, 3.8) is 0 Å². The fourth-order valence-electron chi connectivity index (χ4n) is 5.86. The molecule has 5 rings (SSSR count). The minimum Gasteiger partial charge on any atom is -0.392 e. The molecule has 0 aliphatic carbocycles. The molecular weight excluding hydrogens is 514 g/mol. The van der Waals surface area contributed by atoms with Gasteiger partial charge < -0.3 is 30.1 Å². The summed E-state index contributed by atoms with van der Waals surface area (Å²) in [5.41, 5.74) is 6.17. The molecule has 0 unspecified atom stereocenters. The number of benzene rings is 3. The van der Waals surface area contributed by atoms with E-state index in [4.69, 9.17) is 9.47 Å². The minimum absolute atomic E-state index is 0.0284. The summed E-state index contributed by atoms with van der Waals surface area (Å²) in [5.74, 6) is 0.172. The lowest BCUT2D eigenvalue weighted by Gasteiger charge is -2.43. The maximum absolute atomic E-state index is 11.9. The van der Waals surface area contributed by atoms with E-state index in [2.05, 4.69) is 71.0 Å². The number of nitrogens with one attached hydrogen (secondary N) is 2. The van der Waals surface area contributed by atoms with Crippen molar-refractivity contribution in [2.45, 2.75) is 64.8 Å². The maximum Gasteiger partial charge on any atom is 0.315 e. The fourth-order valence-corrected chi connectivity index (χ4v) is 5.86. The van der Waals surface area contributed by atoms with Gasteiger partial charge >= 0.3 is 6.03 Å². The molecule has 218 valence electrons. The topological polar surface area (TPSA) is 83.1 Å². The Kier molecular flexibility index (Phi) is 10.1. The number of likely N-dealkylation sites (tertiary alicyclic amines) is 1. The number of carbonyl (C=O) groups excluding carboxylic acids is 1. The minimum atomic E-state index is -0.494. The molecule has 2 aliphatic rings. The molecule has 3 N–H and O–H groups in total. The van der Waals surface area contributed by atoms with Gasteiger partial charge in [0.15, 0.2) is 6.29 Å². The smallest absolute Gasteiger partial charge is 0.315 e. The van der Waals surface area contributed by atoms with Crippen molar-refractivity contribution in [1.29, 1.82) is 0 Å². The first-order valence-electron chi connectivity index (χ1n) is 15.0. The van der Waals surface area contributed by atoms with E-state index in [1.54, 1.807) is 0 Å². The molecule has 2 heterocycles. The number of aliphatic hydroxyl groups excluding tert-OH is 1. The zero-order valence-corrected chi connectivity index (χ0v) is 24.2. The molecule has 2 aliphatic heterocycles. The Morgan fingerprint density at radius 2 is 1.61 bits per heavy atom. The molecule has 7 nitrogen and oxygen atoms in total. The highest BCUT2D eigenvalue weighted by Gasteiger charge is 2.39. The van der Waals surface area contributed by atoms with Gasteiger partial charge in [-0.3, -0.25) is 0 Å². The van der Waals surface area contributed by atoms with Crippen LogP contribution in [0.25, 0.3) is 11.1 Å². The van der Waals surface area contributed by atoms with Crippen LogP contribution >= 0.6 is 0 Å². The number of amides is 2. The van der Waals surface area contributed by atoms with Gasteiger partial charge in [-0.2, -0.15) is 0 Å². The molecule has 41 heavy (non-hydrogen) atoms. The molecule has 2 amide bonds. The second-order valence-corrected chi connectivity index (χ2v) is 11.2. The first kappa shape index (κ1) is 29.3. The zero-order chi connectivity index (χ0) is 28.6. The van der Waals surface area contributed by atoms with E-state index in [-0.39, 0.29) is 30.8 Å². The monoisotopic (exact) mass is 557 g/mol. The van der Waals surface area contributed by atoms with Crippen LogP contribution in [0.2, 0.25) is 0 Å². The Morgan fingerprint density at radius 1 is 0.878 bits per heavy atom. The van der Waals surface area contributed by atoms with Gasteiger partial charge in [-0.25, -0.2) is 4.79 Å². The van der Waals surface area contributed by atoms with Crippen LogP contribution in [0.3, 0.4) is 0 Å². The Hall–Kier alpha value is -3.23. The van der Waals surface area contributed by atoms with E-state index in [1.165, 1.54) is 19.3 Å². The number of hydrogen-bond acceptors (Lipinski definition) is 5. The quantitative estimate of drug-likeness (QED) is 0.303. The molecule has 3 aromatic rings. The van der Waals surface area contributed by atoms with Gasteiger partial charge in [0.1, 0.15) is 0 Å². The fraction of sp³-hybridized carbons (Fsp3) is 0.441. The van der Waals surface area contributed by atoms with Gasteiger partial charge in [0.25, 0.3) is 0 Å². The highest BCUT2D eigenvalue weighted by molar-refractivity contribution is 5.74. The average Bonchev–Trinajstić information content (AvgIpc) is 3.02. The Morgan fingerprint density at radius 3 is 2.34 bits per heavy atom. The van der Waals surface area contributed by atoms with Crippen LogP contribution in [0.4, 0.5) is 4.79 Å². The second kappa shape index (κ2) is 14.1. The normalized spacial score (nSPS) is 23.2. The highest BCUT2D eigenvalue weighted by Crippen LogP contribution is 2.42. The van der Waals surface area contributed by atoms with Crippen LogP contribution in [0.15, 0.2) is 72.8 Å². The number of rotatable bonds is 9. The van der Waals surface area contributed by atoms with Gasteiger partial charge in [0, 0.05) is 31.1 Å². The first-order valence-corrected chi connectivity index (χ1v) is 15.0. The van der Waals surface area contributed by atoms with Crippen molar-refractivity contribution in [1.82, 2.24) is 15.5 Å². The van der Waals surface area contributed by atoms with Crippen molar-refractivity contribution in [2.75, 3.05) is 26.2 Å². The number of piperidine rings is 1. The molecule has 7 heteroatoms. The summed E-state index contributed by atoms with van der Waals surface area (Å²) in [6, 6.07) is 24.6. The molecule has 4 atom stereocenters. The summed E-state index contributed by atoms with van der Waals surface area (Å²) in [4.78, 5) is 14.4. The second-order valence-electron chi connectivity index (χ2n) is 11.2. The third kappa shape index (κ3) is 7.54. The molecule has 0 spiro atoms. The Labute approximate surface area is 243 Å². The number of urea groups is 1. The van der Waals surface area contributed by atoms with Crippen LogP contribution in [-0.4, -0.2) is 48.3 Å². The molecule has 3 aromatic carbocycles. The lowest BCUT2D eigenvalue weighted by atomic mass is 9.89. The van der Waals surface area contributed by atoms with Crippen molar-refractivity contribution in [3.05, 3.63) is 95.1 Å². The largest absolute Gasteiger partial charge is 0.392 e. The van der Waals surface area contributed by atoms with Crippen molar-refractivity contribution >= 4 is 6.03 Å². The van der Waals surface area contributed by atoms with Crippen LogP contribution in [0, 0.1) is 5.92 Å². The molecule has 0 aromatic heterocycles. The number of nitrogens with zero attached hydrogens (tertiary/aromatic N) is 1. The molecule has 0 radical (unpaired) electrons. The van der Waals surface area contributed by atoms with Crippen molar-refractivity contribution in [2.24, 2.45) is 5.92 Å². The lowest BCUT2D eigenvalue weighted by Crippen LogP contribution is -2.45. The van der Waals surface area contributed by atoms with Crippen LogP contribution in [0.5, 0.6) is 0 Å².